The first-order chi connectivity index (χ1) is 13.9. The summed E-state index contributed by atoms with van der Waals surface area (Å²) < 4.78 is 0. The van der Waals surface area contributed by atoms with Gasteiger partial charge in [0.2, 0.25) is 5.91 Å². The van der Waals surface area contributed by atoms with Gasteiger partial charge in [0.25, 0.3) is 0 Å². The van der Waals surface area contributed by atoms with Crippen molar-refractivity contribution in [1.82, 2.24) is 16.1 Å². The van der Waals surface area contributed by atoms with Crippen LogP contribution in [0.3, 0.4) is 0 Å². The molecule has 29 heavy (non-hydrogen) atoms. The van der Waals surface area contributed by atoms with E-state index in [4.69, 9.17) is 0 Å². The Morgan fingerprint density at radius 2 is 2.03 bits per heavy atom. The molecule has 1 unspecified atom stereocenters. The summed E-state index contributed by atoms with van der Waals surface area (Å²) in [5.74, 6) is -0.518. The maximum absolute atomic E-state index is 13.4. The topological polar surface area (TPSA) is 90.5 Å². The van der Waals surface area contributed by atoms with E-state index in [0.29, 0.717) is 25.3 Å². The molecule has 0 bridgehead atoms. The van der Waals surface area contributed by atoms with Crippen molar-refractivity contribution in [2.45, 2.75) is 57.5 Å². The Bertz CT molecular complexity index is 828. The quantitative estimate of drug-likeness (QED) is 0.452. The molecule has 1 spiro atoms. The predicted octanol–water partition coefficient (Wildman–Crippen LogP) is 2.39. The van der Waals surface area contributed by atoms with Gasteiger partial charge >= 0.3 is 0 Å². The van der Waals surface area contributed by atoms with Gasteiger partial charge in [0.1, 0.15) is 0 Å². The molecule has 2 aliphatic heterocycles. The molecule has 1 saturated carbocycles. The number of Topliss-reactive ketones (excluding diaryl/α,β-unsaturated/α-hetero) is 1. The second-order valence-electron chi connectivity index (χ2n) is 9.22. The molecule has 2 heterocycles. The van der Waals surface area contributed by atoms with Gasteiger partial charge in [0, 0.05) is 13.1 Å². The minimum atomic E-state index is -0.563. The van der Waals surface area contributed by atoms with Crippen molar-refractivity contribution in [3.8, 4) is 0 Å². The Balaban J connectivity index is 1.49. The van der Waals surface area contributed by atoms with E-state index in [2.05, 4.69) is 54.8 Å². The first-order valence-electron chi connectivity index (χ1n) is 10.7. The monoisotopic (exact) mass is 397 g/mol. The average Bonchev–Trinajstić information content (AvgIpc) is 3.51. The third kappa shape index (κ3) is 4.15. The molecule has 1 aromatic carbocycles. The molecule has 6 heteroatoms. The second-order valence-corrected chi connectivity index (χ2v) is 9.22. The highest BCUT2D eigenvalue weighted by atomic mass is 16.5. The van der Waals surface area contributed by atoms with Crippen LogP contribution in [0, 0.1) is 11.3 Å². The van der Waals surface area contributed by atoms with Gasteiger partial charge in [-0.2, -0.15) is 0 Å². The fourth-order valence-electron chi connectivity index (χ4n) is 4.76. The number of benzene rings is 1. The Kier molecular flexibility index (Phi) is 5.60. The molecule has 6 nitrogen and oxygen atoms in total. The lowest BCUT2D eigenvalue weighted by atomic mass is 9.78. The van der Waals surface area contributed by atoms with Crippen molar-refractivity contribution in [1.29, 1.82) is 0 Å². The fourth-order valence-corrected chi connectivity index (χ4v) is 4.76. The van der Waals surface area contributed by atoms with Crippen molar-refractivity contribution >= 4 is 17.3 Å². The summed E-state index contributed by atoms with van der Waals surface area (Å²) in [5.41, 5.74) is 5.53. The molecule has 1 aliphatic carbocycles. The summed E-state index contributed by atoms with van der Waals surface area (Å²) in [7, 11) is 0. The number of hydrogen-bond donors (Lipinski definition) is 4. The minimum absolute atomic E-state index is 0.0136. The van der Waals surface area contributed by atoms with Crippen molar-refractivity contribution in [3.05, 3.63) is 41.5 Å². The van der Waals surface area contributed by atoms with Crippen LogP contribution in [0.5, 0.6) is 0 Å². The third-order valence-corrected chi connectivity index (χ3v) is 6.87. The molecule has 1 saturated heterocycles. The summed E-state index contributed by atoms with van der Waals surface area (Å²) in [6.07, 6.45) is 5.58. The molecule has 0 radical (unpaired) electrons. The number of rotatable bonds is 5. The molecular formula is C23H31N3O3. The number of hydrogen-bond acceptors (Lipinski definition) is 5. The number of carbonyl (C=O) groups excluding carboxylic acids is 2. The smallest absolute Gasteiger partial charge is 0.248 e. The molecule has 4 N–H and O–H groups in total. The number of ketones is 1. The third-order valence-electron chi connectivity index (χ3n) is 6.87. The first kappa shape index (κ1) is 20.3. The van der Waals surface area contributed by atoms with E-state index >= 15 is 0 Å². The molecule has 1 amide bonds. The summed E-state index contributed by atoms with van der Waals surface area (Å²) in [6, 6.07) is 7.62. The Hall–Kier alpha value is -2.02. The van der Waals surface area contributed by atoms with Gasteiger partial charge in [0.15, 0.2) is 5.78 Å². The van der Waals surface area contributed by atoms with Gasteiger partial charge in [-0.1, -0.05) is 44.2 Å². The Morgan fingerprint density at radius 3 is 2.72 bits per heavy atom. The number of carbonyl (C=O) groups is 2. The van der Waals surface area contributed by atoms with Crippen LogP contribution in [0.15, 0.2) is 30.3 Å². The Morgan fingerprint density at radius 1 is 1.24 bits per heavy atom. The van der Waals surface area contributed by atoms with Gasteiger partial charge in [-0.05, 0) is 53.7 Å². The number of hydroxylamine groups is 1. The van der Waals surface area contributed by atoms with Gasteiger partial charge in [-0.25, -0.2) is 5.48 Å². The van der Waals surface area contributed by atoms with Crippen molar-refractivity contribution in [2.24, 2.45) is 11.3 Å². The SMILES string of the molecule is CC(C)c1cccc(C2=CCNC(C(=O)[C@H]3NCC4(CC4)C[C@@H]3C(=O)NO)C2)c1. The van der Waals surface area contributed by atoms with E-state index in [9.17, 15) is 14.8 Å². The predicted molar refractivity (Wildman–Crippen MR) is 111 cm³/mol. The lowest BCUT2D eigenvalue weighted by molar-refractivity contribution is -0.140. The maximum atomic E-state index is 13.4. The fraction of sp³-hybridized carbons (Fsp3) is 0.565. The lowest BCUT2D eigenvalue weighted by Gasteiger charge is -2.37. The van der Waals surface area contributed by atoms with Gasteiger partial charge in [0.05, 0.1) is 18.0 Å². The van der Waals surface area contributed by atoms with Crippen LogP contribution in [-0.2, 0) is 9.59 Å². The summed E-state index contributed by atoms with van der Waals surface area (Å²) in [6.45, 7) is 5.75. The molecule has 3 aliphatic rings. The van der Waals surface area contributed by atoms with Crippen molar-refractivity contribution < 1.29 is 14.8 Å². The highest BCUT2D eigenvalue weighted by molar-refractivity contribution is 5.96. The van der Waals surface area contributed by atoms with Crippen LogP contribution in [0.2, 0.25) is 0 Å². The molecule has 0 aromatic heterocycles. The zero-order valence-electron chi connectivity index (χ0n) is 17.2. The van der Waals surface area contributed by atoms with Crippen LogP contribution >= 0.6 is 0 Å². The Labute approximate surface area is 172 Å². The zero-order chi connectivity index (χ0) is 20.6. The molecule has 156 valence electrons. The lowest BCUT2D eigenvalue weighted by Crippen LogP contribution is -2.59. The van der Waals surface area contributed by atoms with Gasteiger partial charge < -0.3 is 10.6 Å². The van der Waals surface area contributed by atoms with Gasteiger partial charge in [-0.3, -0.25) is 14.8 Å². The van der Waals surface area contributed by atoms with Crippen LogP contribution in [-0.4, -0.2) is 42.1 Å². The molecule has 3 atom stereocenters. The minimum Gasteiger partial charge on any atom is -0.306 e. The molecule has 2 fully saturated rings. The number of piperidine rings is 1. The van der Waals surface area contributed by atoms with E-state index < -0.39 is 17.9 Å². The second kappa shape index (κ2) is 8.01. The van der Waals surface area contributed by atoms with Crippen LogP contribution in [0.1, 0.15) is 56.6 Å². The van der Waals surface area contributed by atoms with Crippen molar-refractivity contribution in [3.63, 3.8) is 0 Å². The first-order valence-corrected chi connectivity index (χ1v) is 10.7. The summed E-state index contributed by atoms with van der Waals surface area (Å²) in [5, 5.41) is 15.8. The molecule has 4 rings (SSSR count). The standard InChI is InChI=1S/C23H31N3O3/c1-14(2)15-4-3-5-16(10-15)17-6-9-24-19(11-17)21(27)20-18(22(28)26-29)12-23(7-8-23)13-25-20/h3-6,10,14,18-20,24-25,29H,7-9,11-13H2,1-2H3,(H,26,28)/t18-,19?,20-/m0/s1. The highest BCUT2D eigenvalue weighted by Crippen LogP contribution is 2.52. The summed E-state index contributed by atoms with van der Waals surface area (Å²) in [4.78, 5) is 25.6. The summed E-state index contributed by atoms with van der Waals surface area (Å²) >= 11 is 0. The van der Waals surface area contributed by atoms with E-state index in [1.165, 1.54) is 11.1 Å². The van der Waals surface area contributed by atoms with E-state index in [0.717, 1.165) is 24.9 Å². The van der Waals surface area contributed by atoms with Crippen LogP contribution in [0.25, 0.3) is 5.57 Å². The number of amides is 1. The average molecular weight is 398 g/mol. The van der Waals surface area contributed by atoms with Crippen LogP contribution < -0.4 is 16.1 Å². The molecular weight excluding hydrogens is 366 g/mol. The van der Waals surface area contributed by atoms with E-state index in [1.807, 2.05) is 0 Å². The largest absolute Gasteiger partial charge is 0.306 e. The van der Waals surface area contributed by atoms with Gasteiger partial charge in [-0.15, -0.1) is 0 Å². The van der Waals surface area contributed by atoms with Crippen LogP contribution in [0.4, 0.5) is 0 Å². The number of nitrogens with one attached hydrogen (secondary N) is 3. The highest BCUT2D eigenvalue weighted by Gasteiger charge is 2.52. The van der Waals surface area contributed by atoms with Crippen molar-refractivity contribution in [2.75, 3.05) is 13.1 Å². The normalized spacial score (nSPS) is 28.1. The maximum Gasteiger partial charge on any atom is 0.248 e. The zero-order valence-corrected chi connectivity index (χ0v) is 17.2. The van der Waals surface area contributed by atoms with E-state index in [-0.39, 0.29) is 17.2 Å². The molecule has 1 aromatic rings. The van der Waals surface area contributed by atoms with E-state index in [1.54, 1.807) is 5.48 Å².